The first-order valence-electron chi connectivity index (χ1n) is 22.6. The molecule has 326 valence electrons. The van der Waals surface area contributed by atoms with Crippen molar-refractivity contribution in [3.63, 3.8) is 0 Å². The molecule has 5 aromatic heterocycles. The van der Waals surface area contributed by atoms with Gasteiger partial charge in [0.2, 0.25) is 5.82 Å². The fourth-order valence-electron chi connectivity index (χ4n) is 8.85. The first-order valence-corrected chi connectivity index (χ1v) is 22.6. The molecule has 0 spiro atoms. The zero-order valence-electron chi connectivity index (χ0n) is 37.3. The molecule has 0 atom stereocenters. The third-order valence-electron chi connectivity index (χ3n) is 12.1. The topological polar surface area (TPSA) is 121 Å². The lowest BCUT2D eigenvalue weighted by Gasteiger charge is -2.10. The number of allylic oxidation sites excluding steroid dienone is 5. The number of para-hydroxylation sites is 2. The van der Waals surface area contributed by atoms with E-state index < -0.39 is 0 Å². The quantitative estimate of drug-likeness (QED) is 0.124. The summed E-state index contributed by atoms with van der Waals surface area (Å²) in [5.41, 5.74) is 10.4. The van der Waals surface area contributed by atoms with Gasteiger partial charge in [-0.05, 0) is 54.4 Å². The first-order chi connectivity index (χ1) is 34.1. The van der Waals surface area contributed by atoms with Crippen molar-refractivity contribution in [3.05, 3.63) is 219 Å². The summed E-state index contributed by atoms with van der Waals surface area (Å²) >= 11 is 0. The first kappa shape index (κ1) is 40.9. The minimum absolute atomic E-state index is 0.243. The highest BCUT2D eigenvalue weighted by Gasteiger charge is 2.25. The number of nitrogens with zero attached hydrogens (tertiary/aromatic N) is 9. The van der Waals surface area contributed by atoms with E-state index in [-0.39, 0.29) is 17.5 Å². The average molecular weight is 890 g/mol. The van der Waals surface area contributed by atoms with Gasteiger partial charge in [0.05, 0.1) is 11.0 Å². The SMILES string of the molecule is C=C/C(=C\C=C/C)c1nc(-c2ccccc2)nc(-c2nc(-c3nc(-c4ccccc4)nc(-c4ccccc4)n3)nc3c2oc2ccc(-c4cccc5c4c4ccccc4n5-c4ccccc4)cc23)n1. The van der Waals surface area contributed by atoms with E-state index in [2.05, 4.69) is 90.0 Å². The standard InChI is InChI=1S/C59H39N9O/c1-3-5-21-37(4-2)53-62-54(38-22-10-6-11-23-38)65-57(64-53)51-52-50(60-58(61-51)59-66-55(39-24-12-7-13-25-39)63-56(67-59)40-26-14-8-15-27-40)45-36-41(34-35-48(45)69-52)43-31-20-33-47-49(43)44-30-18-19-32-46(44)68(47)42-28-16-9-17-29-42/h3-36H,2H2,1H3/b5-3-,37-21+. The van der Waals surface area contributed by atoms with Crippen molar-refractivity contribution in [2.75, 3.05) is 0 Å². The third kappa shape index (κ3) is 7.42. The van der Waals surface area contributed by atoms with Gasteiger partial charge in [-0.2, -0.15) is 0 Å². The minimum Gasteiger partial charge on any atom is -0.452 e. The van der Waals surface area contributed by atoms with Crippen LogP contribution in [-0.4, -0.2) is 44.4 Å². The highest BCUT2D eigenvalue weighted by atomic mass is 16.3. The lowest BCUT2D eigenvalue weighted by molar-refractivity contribution is 0.666. The Kier molecular flexibility index (Phi) is 10.3. The van der Waals surface area contributed by atoms with Gasteiger partial charge in [0.25, 0.3) is 0 Å². The number of furan rings is 1. The fraction of sp³-hybridized carbons (Fsp3) is 0.0169. The van der Waals surface area contributed by atoms with E-state index >= 15 is 0 Å². The summed E-state index contributed by atoms with van der Waals surface area (Å²) in [6, 6.07) is 61.2. The molecular weight excluding hydrogens is 851 g/mol. The molecule has 69 heavy (non-hydrogen) atoms. The monoisotopic (exact) mass is 889 g/mol. The molecule has 10 heteroatoms. The number of rotatable bonds is 10. The van der Waals surface area contributed by atoms with Crippen LogP contribution in [0.15, 0.2) is 217 Å². The van der Waals surface area contributed by atoms with Crippen molar-refractivity contribution in [1.82, 2.24) is 44.4 Å². The molecule has 10 nitrogen and oxygen atoms in total. The maximum Gasteiger partial charge on any atom is 0.201 e. The molecule has 0 fully saturated rings. The van der Waals surface area contributed by atoms with Crippen LogP contribution >= 0.6 is 0 Å². The average Bonchev–Trinajstić information content (AvgIpc) is 3.97. The molecule has 7 aromatic carbocycles. The van der Waals surface area contributed by atoms with E-state index in [4.69, 9.17) is 44.3 Å². The largest absolute Gasteiger partial charge is 0.452 e. The molecule has 0 saturated heterocycles. The van der Waals surface area contributed by atoms with Crippen LogP contribution in [0.2, 0.25) is 0 Å². The van der Waals surface area contributed by atoms with Crippen molar-refractivity contribution < 1.29 is 4.42 Å². The zero-order valence-corrected chi connectivity index (χ0v) is 37.3. The van der Waals surface area contributed by atoms with Crippen molar-refractivity contribution in [1.29, 1.82) is 0 Å². The van der Waals surface area contributed by atoms with Gasteiger partial charge in [-0.3, -0.25) is 0 Å². The van der Waals surface area contributed by atoms with E-state index in [1.165, 1.54) is 0 Å². The summed E-state index contributed by atoms with van der Waals surface area (Å²) in [7, 11) is 0. The third-order valence-corrected chi connectivity index (χ3v) is 12.1. The summed E-state index contributed by atoms with van der Waals surface area (Å²) in [6.45, 7) is 6.06. The van der Waals surface area contributed by atoms with E-state index in [1.54, 1.807) is 6.08 Å². The number of hydrogen-bond donors (Lipinski definition) is 0. The molecule has 0 radical (unpaired) electrons. The van der Waals surface area contributed by atoms with Gasteiger partial charge in [0, 0.05) is 44.1 Å². The normalized spacial score (nSPS) is 11.9. The van der Waals surface area contributed by atoms with Crippen LogP contribution in [0.1, 0.15) is 12.7 Å². The van der Waals surface area contributed by atoms with Crippen molar-refractivity contribution in [2.45, 2.75) is 6.92 Å². The second-order valence-electron chi connectivity index (χ2n) is 16.3. The maximum absolute atomic E-state index is 6.83. The Bertz CT molecular complexity index is 3920. The van der Waals surface area contributed by atoms with Gasteiger partial charge < -0.3 is 8.98 Å². The van der Waals surface area contributed by atoms with E-state index in [9.17, 15) is 0 Å². The molecular formula is C59H39N9O. The lowest BCUT2D eigenvalue weighted by atomic mass is 9.98. The Morgan fingerprint density at radius 3 is 1.72 bits per heavy atom. The van der Waals surface area contributed by atoms with Gasteiger partial charge in [0.1, 0.15) is 11.1 Å². The van der Waals surface area contributed by atoms with Gasteiger partial charge in [-0.1, -0.05) is 176 Å². The molecule has 0 amide bonds. The Morgan fingerprint density at radius 2 is 1.06 bits per heavy atom. The van der Waals surface area contributed by atoms with Crippen LogP contribution in [-0.2, 0) is 0 Å². The van der Waals surface area contributed by atoms with Crippen molar-refractivity contribution >= 4 is 49.4 Å². The molecule has 0 bridgehead atoms. The molecule has 12 aromatic rings. The molecule has 5 heterocycles. The Morgan fingerprint density at radius 1 is 0.493 bits per heavy atom. The summed E-state index contributed by atoms with van der Waals surface area (Å²) in [5, 5.41) is 3.06. The van der Waals surface area contributed by atoms with E-state index in [1.807, 2.05) is 128 Å². The van der Waals surface area contributed by atoms with Crippen LogP contribution < -0.4 is 0 Å². The number of fused-ring (bicyclic) bond motifs is 6. The second-order valence-corrected chi connectivity index (χ2v) is 16.3. The van der Waals surface area contributed by atoms with Gasteiger partial charge in [0.15, 0.2) is 46.2 Å². The highest BCUT2D eigenvalue weighted by Crippen LogP contribution is 2.42. The summed E-state index contributed by atoms with van der Waals surface area (Å²) < 4.78 is 9.16. The van der Waals surface area contributed by atoms with Crippen LogP contribution in [0.4, 0.5) is 0 Å². The van der Waals surface area contributed by atoms with E-state index in [0.717, 1.165) is 60.7 Å². The molecule has 0 N–H and O–H groups in total. The summed E-state index contributed by atoms with van der Waals surface area (Å²) in [5.74, 6) is 2.62. The Hall–Kier alpha value is -9.54. The molecule has 12 rings (SSSR count). The number of hydrogen-bond acceptors (Lipinski definition) is 9. The summed E-state index contributed by atoms with van der Waals surface area (Å²) in [4.78, 5) is 40.8. The molecule has 0 saturated carbocycles. The van der Waals surface area contributed by atoms with Crippen molar-refractivity contribution in [3.8, 4) is 74.1 Å². The molecule has 0 aliphatic heterocycles. The second kappa shape index (κ2) is 17.4. The maximum atomic E-state index is 6.83. The van der Waals surface area contributed by atoms with Crippen LogP contribution in [0.3, 0.4) is 0 Å². The van der Waals surface area contributed by atoms with E-state index in [0.29, 0.717) is 51.2 Å². The predicted molar refractivity (Wildman–Crippen MR) is 276 cm³/mol. The minimum atomic E-state index is 0.243. The zero-order chi connectivity index (χ0) is 46.3. The number of benzene rings is 7. The lowest BCUT2D eigenvalue weighted by Crippen LogP contribution is -2.06. The smallest absolute Gasteiger partial charge is 0.201 e. The molecule has 0 unspecified atom stereocenters. The van der Waals surface area contributed by atoms with Crippen molar-refractivity contribution in [2.24, 2.45) is 0 Å². The van der Waals surface area contributed by atoms with Gasteiger partial charge in [-0.15, -0.1) is 0 Å². The van der Waals surface area contributed by atoms with Gasteiger partial charge >= 0.3 is 0 Å². The highest BCUT2D eigenvalue weighted by molar-refractivity contribution is 6.17. The number of aromatic nitrogens is 9. The van der Waals surface area contributed by atoms with Gasteiger partial charge in [-0.25, -0.2) is 39.9 Å². The van der Waals surface area contributed by atoms with Crippen LogP contribution in [0.5, 0.6) is 0 Å². The fourth-order valence-corrected chi connectivity index (χ4v) is 8.85. The predicted octanol–water partition coefficient (Wildman–Crippen LogP) is 14.0. The van der Waals surface area contributed by atoms with Crippen LogP contribution in [0.25, 0.3) is 124 Å². The molecule has 0 aliphatic carbocycles. The van der Waals surface area contributed by atoms with Crippen LogP contribution in [0, 0.1) is 0 Å². The Balaban J connectivity index is 1.14. The Labute approximate surface area is 396 Å². The summed E-state index contributed by atoms with van der Waals surface area (Å²) in [6.07, 6.45) is 7.52. The molecule has 0 aliphatic rings.